The third kappa shape index (κ3) is 4.03. The first-order valence-electron chi connectivity index (χ1n) is 6.32. The van der Waals surface area contributed by atoms with Crippen molar-refractivity contribution in [1.29, 1.82) is 0 Å². The van der Waals surface area contributed by atoms with E-state index in [9.17, 15) is 9.18 Å². The molecule has 1 N–H and O–H groups in total. The van der Waals surface area contributed by atoms with Crippen molar-refractivity contribution in [3.05, 3.63) is 65.0 Å². The van der Waals surface area contributed by atoms with Gasteiger partial charge < -0.3 is 14.6 Å². The molecule has 110 valence electrons. The highest BCUT2D eigenvalue weighted by atomic mass is 19.1. The normalized spacial score (nSPS) is 10.4. The van der Waals surface area contributed by atoms with Crippen molar-refractivity contribution in [3.63, 3.8) is 0 Å². The number of hydrogen-bond donors (Lipinski definition) is 1. The predicted molar refractivity (Wildman–Crippen MR) is 74.8 cm³/mol. The molecule has 0 fully saturated rings. The van der Waals surface area contributed by atoms with E-state index in [1.54, 1.807) is 7.11 Å². The van der Waals surface area contributed by atoms with Gasteiger partial charge in [-0.2, -0.15) is 0 Å². The van der Waals surface area contributed by atoms with E-state index in [0.29, 0.717) is 0 Å². The molecule has 0 amide bonds. The molecule has 2 aromatic rings. The summed E-state index contributed by atoms with van der Waals surface area (Å²) in [5, 5.41) is 8.88. The third-order valence-corrected chi connectivity index (χ3v) is 2.95. The fourth-order valence-corrected chi connectivity index (χ4v) is 1.86. The zero-order valence-electron chi connectivity index (χ0n) is 11.5. The molecule has 5 heteroatoms. The van der Waals surface area contributed by atoms with Crippen molar-refractivity contribution in [2.24, 2.45) is 0 Å². The lowest BCUT2D eigenvalue weighted by Crippen LogP contribution is -2.02. The van der Waals surface area contributed by atoms with Crippen molar-refractivity contribution in [1.82, 2.24) is 0 Å². The average Bonchev–Trinajstić information content (AvgIpc) is 2.49. The van der Waals surface area contributed by atoms with Crippen molar-refractivity contribution >= 4 is 5.97 Å². The monoisotopic (exact) mass is 290 g/mol. The standard InChI is InChI=1S/C16H15FO4/c1-20-14-4-2-3-11(7-14)9-21-10-13-8-12(16(18)19)5-6-15(13)17/h2-8H,9-10H2,1H3,(H,18,19). The van der Waals surface area contributed by atoms with Crippen molar-refractivity contribution < 1.29 is 23.8 Å². The molecule has 0 aliphatic rings. The van der Waals surface area contributed by atoms with Crippen LogP contribution >= 0.6 is 0 Å². The van der Waals surface area contributed by atoms with E-state index in [0.717, 1.165) is 17.4 Å². The first kappa shape index (κ1) is 15.0. The predicted octanol–water partition coefficient (Wildman–Crippen LogP) is 3.25. The van der Waals surface area contributed by atoms with Gasteiger partial charge in [-0.15, -0.1) is 0 Å². The first-order valence-corrected chi connectivity index (χ1v) is 6.32. The fraction of sp³-hybridized carbons (Fsp3) is 0.188. The maximum Gasteiger partial charge on any atom is 0.335 e. The Kier molecular flexibility index (Phi) is 4.90. The quantitative estimate of drug-likeness (QED) is 0.887. The summed E-state index contributed by atoms with van der Waals surface area (Å²) in [5.74, 6) is -0.857. The average molecular weight is 290 g/mol. The van der Waals surface area contributed by atoms with Crippen molar-refractivity contribution in [2.45, 2.75) is 13.2 Å². The molecule has 0 unspecified atom stereocenters. The van der Waals surface area contributed by atoms with E-state index >= 15 is 0 Å². The molecule has 0 atom stereocenters. The molecule has 2 aromatic carbocycles. The van der Waals surface area contributed by atoms with Gasteiger partial charge in [0.15, 0.2) is 0 Å². The Morgan fingerprint density at radius 1 is 1.19 bits per heavy atom. The summed E-state index contributed by atoms with van der Waals surface area (Å²) >= 11 is 0. The molecule has 0 heterocycles. The zero-order chi connectivity index (χ0) is 15.2. The molecular weight excluding hydrogens is 275 g/mol. The Morgan fingerprint density at radius 2 is 2.00 bits per heavy atom. The summed E-state index contributed by atoms with van der Waals surface area (Å²) in [4.78, 5) is 10.9. The Hall–Kier alpha value is -2.40. The molecule has 2 rings (SSSR count). The maximum absolute atomic E-state index is 13.6. The second-order valence-electron chi connectivity index (χ2n) is 4.46. The van der Waals surface area contributed by atoms with E-state index < -0.39 is 11.8 Å². The van der Waals surface area contributed by atoms with Crippen LogP contribution in [0.2, 0.25) is 0 Å². The van der Waals surface area contributed by atoms with Crippen LogP contribution in [0.3, 0.4) is 0 Å². The Bertz CT molecular complexity index is 640. The van der Waals surface area contributed by atoms with Gasteiger partial charge in [-0.25, -0.2) is 9.18 Å². The van der Waals surface area contributed by atoms with Crippen LogP contribution < -0.4 is 4.74 Å². The summed E-state index contributed by atoms with van der Waals surface area (Å²) in [6.45, 7) is 0.290. The Morgan fingerprint density at radius 3 is 2.71 bits per heavy atom. The van der Waals surface area contributed by atoms with Gasteiger partial charge in [0.1, 0.15) is 11.6 Å². The van der Waals surface area contributed by atoms with Crippen LogP contribution in [0.4, 0.5) is 4.39 Å². The van der Waals surface area contributed by atoms with Crippen LogP contribution in [0.25, 0.3) is 0 Å². The Labute approximate surface area is 121 Å². The minimum Gasteiger partial charge on any atom is -0.497 e. The van der Waals surface area contributed by atoms with E-state index in [1.807, 2.05) is 24.3 Å². The summed E-state index contributed by atoms with van der Waals surface area (Å²) in [6, 6.07) is 11.0. The number of benzene rings is 2. The highest BCUT2D eigenvalue weighted by Crippen LogP contribution is 2.16. The maximum atomic E-state index is 13.6. The fourth-order valence-electron chi connectivity index (χ4n) is 1.86. The van der Waals surface area contributed by atoms with Crippen LogP contribution in [0.1, 0.15) is 21.5 Å². The molecule has 0 saturated carbocycles. The lowest BCUT2D eigenvalue weighted by molar-refractivity contribution is 0.0696. The molecular formula is C16H15FO4. The van der Waals surface area contributed by atoms with Gasteiger partial charge in [-0.1, -0.05) is 12.1 Å². The SMILES string of the molecule is COc1cccc(COCc2cc(C(=O)O)ccc2F)c1. The number of rotatable bonds is 6. The van der Waals surface area contributed by atoms with Crippen LogP contribution in [0.5, 0.6) is 5.75 Å². The number of halogens is 1. The lowest BCUT2D eigenvalue weighted by Gasteiger charge is -2.08. The molecule has 0 saturated heterocycles. The Balaban J connectivity index is 1.99. The lowest BCUT2D eigenvalue weighted by atomic mass is 10.1. The second kappa shape index (κ2) is 6.85. The highest BCUT2D eigenvalue weighted by molar-refractivity contribution is 5.87. The minimum atomic E-state index is -1.09. The summed E-state index contributed by atoms with van der Waals surface area (Å²) < 4.78 is 24.1. The topological polar surface area (TPSA) is 55.8 Å². The van der Waals surface area contributed by atoms with Gasteiger partial charge in [0.05, 0.1) is 25.9 Å². The van der Waals surface area contributed by atoms with Crippen LogP contribution in [-0.2, 0) is 18.0 Å². The minimum absolute atomic E-state index is 0.00413. The summed E-state index contributed by atoms with van der Waals surface area (Å²) in [7, 11) is 1.58. The molecule has 4 nitrogen and oxygen atoms in total. The number of methoxy groups -OCH3 is 1. The van der Waals surface area contributed by atoms with E-state index in [1.165, 1.54) is 12.1 Å². The van der Waals surface area contributed by atoms with Gasteiger partial charge >= 0.3 is 5.97 Å². The molecule has 0 aliphatic carbocycles. The van der Waals surface area contributed by atoms with Gasteiger partial charge in [0.2, 0.25) is 0 Å². The zero-order valence-corrected chi connectivity index (χ0v) is 11.5. The van der Waals surface area contributed by atoms with Gasteiger partial charge in [-0.3, -0.25) is 0 Å². The van der Waals surface area contributed by atoms with Gasteiger partial charge in [-0.05, 0) is 35.9 Å². The van der Waals surface area contributed by atoms with E-state index in [2.05, 4.69) is 0 Å². The van der Waals surface area contributed by atoms with Crippen LogP contribution in [-0.4, -0.2) is 18.2 Å². The first-order chi connectivity index (χ1) is 10.1. The summed E-state index contributed by atoms with van der Waals surface area (Å²) in [5.41, 5.74) is 1.15. The summed E-state index contributed by atoms with van der Waals surface area (Å²) in [6.07, 6.45) is 0. The van der Waals surface area contributed by atoms with Crippen LogP contribution in [0.15, 0.2) is 42.5 Å². The smallest absolute Gasteiger partial charge is 0.335 e. The largest absolute Gasteiger partial charge is 0.497 e. The van der Waals surface area contributed by atoms with Gasteiger partial charge in [0.25, 0.3) is 0 Å². The molecule has 0 radical (unpaired) electrons. The number of carboxylic acids is 1. The molecule has 0 spiro atoms. The number of aromatic carboxylic acids is 1. The number of carbonyl (C=O) groups is 1. The van der Waals surface area contributed by atoms with E-state index in [4.69, 9.17) is 14.6 Å². The van der Waals surface area contributed by atoms with Crippen molar-refractivity contribution in [3.8, 4) is 5.75 Å². The molecule has 21 heavy (non-hydrogen) atoms. The van der Waals surface area contributed by atoms with Crippen LogP contribution in [0, 0.1) is 5.82 Å². The molecule has 0 aliphatic heterocycles. The van der Waals surface area contributed by atoms with Gasteiger partial charge in [0, 0.05) is 5.56 Å². The molecule has 0 bridgehead atoms. The number of hydrogen-bond acceptors (Lipinski definition) is 3. The number of carboxylic acid groups (broad SMARTS) is 1. The second-order valence-corrected chi connectivity index (χ2v) is 4.46. The third-order valence-electron chi connectivity index (χ3n) is 2.95. The number of ether oxygens (including phenoxy) is 2. The molecule has 0 aromatic heterocycles. The van der Waals surface area contributed by atoms with Crippen molar-refractivity contribution in [2.75, 3.05) is 7.11 Å². The highest BCUT2D eigenvalue weighted by Gasteiger charge is 2.08. The van der Waals surface area contributed by atoms with E-state index in [-0.39, 0.29) is 24.3 Å².